The molecule has 6 nitrogen and oxygen atoms in total. The molecule has 4 aromatic rings. The molecule has 0 fully saturated rings. The summed E-state index contributed by atoms with van der Waals surface area (Å²) in [6.07, 6.45) is 0. The minimum absolute atomic E-state index is 0.102. The molecule has 0 aliphatic carbocycles. The predicted molar refractivity (Wildman–Crippen MR) is 144 cm³/mol. The molecule has 4 rings (SSSR count). The highest BCUT2D eigenvalue weighted by atomic mass is 32.2. The van der Waals surface area contributed by atoms with Crippen molar-refractivity contribution in [2.45, 2.75) is 28.5 Å². The molecular weight excluding hydrogens is 492 g/mol. The zero-order chi connectivity index (χ0) is 25.5. The lowest BCUT2D eigenvalue weighted by atomic mass is 10.1. The van der Waals surface area contributed by atoms with Crippen LogP contribution in [0.4, 0.5) is 11.4 Å². The number of para-hydroxylation sites is 1. The first kappa shape index (κ1) is 25.3. The lowest BCUT2D eigenvalue weighted by Gasteiger charge is -2.12. The van der Waals surface area contributed by atoms with Gasteiger partial charge in [-0.1, -0.05) is 48.2 Å². The van der Waals surface area contributed by atoms with E-state index >= 15 is 0 Å². The molecule has 0 radical (unpaired) electrons. The summed E-state index contributed by atoms with van der Waals surface area (Å²) in [6, 6.07) is 28.9. The molecule has 0 unspecified atom stereocenters. The maximum Gasteiger partial charge on any atom is 0.262 e. The smallest absolute Gasteiger partial charge is 0.262 e. The highest BCUT2D eigenvalue weighted by molar-refractivity contribution is 7.99. The Balaban J connectivity index is 1.35. The third kappa shape index (κ3) is 6.90. The zero-order valence-electron chi connectivity index (χ0n) is 19.9. The summed E-state index contributed by atoms with van der Waals surface area (Å²) in [5, 5.41) is 2.88. The van der Waals surface area contributed by atoms with E-state index in [1.54, 1.807) is 23.9 Å². The number of carbonyl (C=O) groups excluding carboxylic acids is 1. The van der Waals surface area contributed by atoms with Gasteiger partial charge < -0.3 is 10.1 Å². The first-order chi connectivity index (χ1) is 17.3. The Morgan fingerprint density at radius 3 is 2.17 bits per heavy atom. The fourth-order valence-electron chi connectivity index (χ4n) is 3.57. The van der Waals surface area contributed by atoms with Gasteiger partial charge >= 0.3 is 0 Å². The van der Waals surface area contributed by atoms with E-state index in [-0.39, 0.29) is 17.4 Å². The number of anilines is 2. The molecule has 0 saturated carbocycles. The number of carbonyl (C=O) groups is 1. The second kappa shape index (κ2) is 11.3. The van der Waals surface area contributed by atoms with Crippen molar-refractivity contribution in [3.63, 3.8) is 0 Å². The summed E-state index contributed by atoms with van der Waals surface area (Å²) in [5.74, 6) is 0.0757. The van der Waals surface area contributed by atoms with E-state index < -0.39 is 10.0 Å². The second-order valence-corrected chi connectivity index (χ2v) is 11.0. The van der Waals surface area contributed by atoms with E-state index in [1.165, 1.54) is 24.3 Å². The number of sulfonamides is 1. The van der Waals surface area contributed by atoms with Crippen LogP contribution >= 0.6 is 11.8 Å². The van der Waals surface area contributed by atoms with Crippen LogP contribution in [0.5, 0.6) is 5.75 Å². The average Bonchev–Trinajstić information content (AvgIpc) is 2.84. The van der Waals surface area contributed by atoms with Crippen molar-refractivity contribution in [3.05, 3.63) is 108 Å². The van der Waals surface area contributed by atoms with Gasteiger partial charge in [-0.25, -0.2) is 8.42 Å². The van der Waals surface area contributed by atoms with Gasteiger partial charge in [0.15, 0.2) is 6.61 Å². The van der Waals surface area contributed by atoms with Gasteiger partial charge in [-0.15, -0.1) is 0 Å². The Morgan fingerprint density at radius 1 is 0.833 bits per heavy atom. The summed E-state index contributed by atoms with van der Waals surface area (Å²) in [7, 11) is -3.75. The quantitative estimate of drug-likeness (QED) is 0.273. The molecule has 4 aromatic carbocycles. The molecule has 0 bridgehead atoms. The maximum absolute atomic E-state index is 12.7. The van der Waals surface area contributed by atoms with Gasteiger partial charge in [0.25, 0.3) is 15.9 Å². The van der Waals surface area contributed by atoms with Gasteiger partial charge in [0.1, 0.15) is 5.75 Å². The molecule has 0 atom stereocenters. The normalized spacial score (nSPS) is 11.1. The first-order valence-electron chi connectivity index (χ1n) is 11.2. The van der Waals surface area contributed by atoms with E-state index in [0.717, 1.165) is 20.9 Å². The van der Waals surface area contributed by atoms with Crippen molar-refractivity contribution in [2.24, 2.45) is 0 Å². The Bertz CT molecular complexity index is 1430. The van der Waals surface area contributed by atoms with E-state index in [0.29, 0.717) is 17.1 Å². The van der Waals surface area contributed by atoms with E-state index in [4.69, 9.17) is 4.74 Å². The van der Waals surface area contributed by atoms with Crippen LogP contribution in [0.25, 0.3) is 0 Å². The average molecular weight is 519 g/mol. The van der Waals surface area contributed by atoms with Gasteiger partial charge in [0, 0.05) is 15.5 Å². The molecule has 0 aromatic heterocycles. The number of benzene rings is 4. The summed E-state index contributed by atoms with van der Waals surface area (Å²) in [5.41, 5.74) is 3.14. The second-order valence-electron chi connectivity index (χ2n) is 8.20. The summed E-state index contributed by atoms with van der Waals surface area (Å²) < 4.78 is 33.7. The lowest BCUT2D eigenvalue weighted by molar-refractivity contribution is -0.118. The van der Waals surface area contributed by atoms with Crippen molar-refractivity contribution in [1.29, 1.82) is 0 Å². The van der Waals surface area contributed by atoms with E-state index in [2.05, 4.69) is 10.0 Å². The molecular formula is C28H26N2O4S2. The highest BCUT2D eigenvalue weighted by Crippen LogP contribution is 2.33. The van der Waals surface area contributed by atoms with Gasteiger partial charge in [-0.05, 0) is 85.6 Å². The van der Waals surface area contributed by atoms with Crippen molar-refractivity contribution in [1.82, 2.24) is 0 Å². The number of amides is 1. The molecule has 0 spiro atoms. The SMILES string of the molecule is Cc1cc(C)cc(NS(=O)(=O)c2ccc(OCC(=O)Nc3ccccc3Sc3ccccc3)cc2)c1. The third-order valence-corrected chi connectivity index (χ3v) is 7.59. The fraction of sp³-hybridized carbons (Fsp3) is 0.107. The maximum atomic E-state index is 12.7. The number of nitrogens with one attached hydrogen (secondary N) is 2. The minimum Gasteiger partial charge on any atom is -0.484 e. The van der Waals surface area contributed by atoms with Crippen LogP contribution in [-0.4, -0.2) is 20.9 Å². The fourth-order valence-corrected chi connectivity index (χ4v) is 5.54. The molecule has 0 heterocycles. The Kier molecular flexibility index (Phi) is 7.97. The molecule has 1 amide bonds. The summed E-state index contributed by atoms with van der Waals surface area (Å²) in [4.78, 5) is 14.6. The van der Waals surface area contributed by atoms with Crippen LogP contribution in [0, 0.1) is 13.8 Å². The lowest BCUT2D eigenvalue weighted by Crippen LogP contribution is -2.20. The standard InChI is InChI=1S/C28H26N2O4S2/c1-20-16-21(2)18-22(17-20)30-36(32,33)25-14-12-23(13-15-25)34-19-28(31)29-26-10-6-7-11-27(26)35-24-8-4-3-5-9-24/h3-18,30H,19H2,1-2H3,(H,29,31). The number of aryl methyl sites for hydroxylation is 2. The Labute approximate surface area is 215 Å². The minimum atomic E-state index is -3.75. The van der Waals surface area contributed by atoms with Gasteiger partial charge in [-0.2, -0.15) is 0 Å². The van der Waals surface area contributed by atoms with Crippen molar-refractivity contribution in [2.75, 3.05) is 16.6 Å². The van der Waals surface area contributed by atoms with Crippen molar-refractivity contribution < 1.29 is 17.9 Å². The van der Waals surface area contributed by atoms with Crippen molar-refractivity contribution >= 4 is 39.1 Å². The monoisotopic (exact) mass is 518 g/mol. The molecule has 8 heteroatoms. The highest BCUT2D eigenvalue weighted by Gasteiger charge is 2.15. The first-order valence-corrected chi connectivity index (χ1v) is 13.5. The van der Waals surface area contributed by atoms with Crippen LogP contribution in [0.2, 0.25) is 0 Å². The van der Waals surface area contributed by atoms with Crippen LogP contribution in [0.3, 0.4) is 0 Å². The predicted octanol–water partition coefficient (Wildman–Crippen LogP) is 6.27. The van der Waals surface area contributed by atoms with Gasteiger partial charge in [0.05, 0.1) is 10.6 Å². The Hall–Kier alpha value is -3.75. The number of rotatable bonds is 9. The largest absolute Gasteiger partial charge is 0.484 e. The molecule has 0 saturated heterocycles. The number of ether oxygens (including phenoxy) is 1. The molecule has 184 valence electrons. The summed E-state index contributed by atoms with van der Waals surface area (Å²) >= 11 is 1.56. The number of hydrogen-bond donors (Lipinski definition) is 2. The van der Waals surface area contributed by atoms with Gasteiger partial charge in [0.2, 0.25) is 0 Å². The summed E-state index contributed by atoms with van der Waals surface area (Å²) in [6.45, 7) is 3.61. The molecule has 0 aliphatic rings. The van der Waals surface area contributed by atoms with Crippen molar-refractivity contribution in [3.8, 4) is 5.75 Å². The van der Waals surface area contributed by atoms with E-state index in [9.17, 15) is 13.2 Å². The number of hydrogen-bond acceptors (Lipinski definition) is 5. The van der Waals surface area contributed by atoms with Crippen LogP contribution in [0.1, 0.15) is 11.1 Å². The topological polar surface area (TPSA) is 84.5 Å². The third-order valence-electron chi connectivity index (χ3n) is 5.11. The molecule has 36 heavy (non-hydrogen) atoms. The Morgan fingerprint density at radius 2 is 1.47 bits per heavy atom. The van der Waals surface area contributed by atoms with Gasteiger partial charge in [-0.3, -0.25) is 9.52 Å². The van der Waals surface area contributed by atoms with Crippen LogP contribution in [0.15, 0.2) is 112 Å². The van der Waals surface area contributed by atoms with Crippen LogP contribution < -0.4 is 14.8 Å². The molecule has 2 N–H and O–H groups in total. The molecule has 0 aliphatic heterocycles. The zero-order valence-corrected chi connectivity index (χ0v) is 21.5. The van der Waals surface area contributed by atoms with E-state index in [1.807, 2.05) is 74.5 Å². The van der Waals surface area contributed by atoms with Crippen LogP contribution in [-0.2, 0) is 14.8 Å².